The van der Waals surface area contributed by atoms with E-state index >= 15 is 0 Å². The number of aromatic nitrogens is 4. The van der Waals surface area contributed by atoms with Crippen molar-refractivity contribution in [2.75, 3.05) is 9.80 Å². The number of pyridine rings is 1. The van der Waals surface area contributed by atoms with E-state index in [1.807, 2.05) is 12.3 Å². The van der Waals surface area contributed by atoms with Crippen LogP contribution in [-0.2, 0) is 39.4 Å². The van der Waals surface area contributed by atoms with Crippen LogP contribution in [0.1, 0.15) is 50.6 Å². The van der Waals surface area contributed by atoms with Crippen molar-refractivity contribution in [1.29, 1.82) is 0 Å². The van der Waals surface area contributed by atoms with Gasteiger partial charge in [-0.3, -0.25) is 0 Å². The summed E-state index contributed by atoms with van der Waals surface area (Å²) in [7, 11) is 0. The molecule has 0 aliphatic carbocycles. The number of hydrogen-bond donors (Lipinski definition) is 0. The van der Waals surface area contributed by atoms with Gasteiger partial charge in [0, 0.05) is 91.0 Å². The van der Waals surface area contributed by atoms with Crippen molar-refractivity contribution >= 4 is 55.6 Å². The number of ether oxygens (including phenoxy) is 1. The zero-order chi connectivity index (χ0) is 51.8. The van der Waals surface area contributed by atoms with Crippen LogP contribution in [-0.4, -0.2) is 19.1 Å². The van der Waals surface area contributed by atoms with Crippen LogP contribution in [0.3, 0.4) is 0 Å². The third-order valence-electron chi connectivity index (χ3n) is 15.5. The fraction of sp³-hybridized carbons (Fsp3) is 0.129. The Morgan fingerprint density at radius 3 is 1.90 bits per heavy atom. The summed E-state index contributed by atoms with van der Waals surface area (Å²) in [6, 6.07) is 78.8. The van der Waals surface area contributed by atoms with Crippen molar-refractivity contribution in [3.05, 3.63) is 242 Å². The van der Waals surface area contributed by atoms with Gasteiger partial charge >= 0.3 is 0 Å². The molecule has 7 nitrogen and oxygen atoms in total. The minimum absolute atomic E-state index is 0. The molecular formula is C70H55N6OPt-3. The summed E-state index contributed by atoms with van der Waals surface area (Å²) >= 11 is 0. The number of hydrogen-bond acceptors (Lipinski definition) is 5. The average molecular weight is 1190 g/mol. The van der Waals surface area contributed by atoms with E-state index in [1.54, 1.807) is 0 Å². The average Bonchev–Trinajstić information content (AvgIpc) is 4.28. The van der Waals surface area contributed by atoms with E-state index in [-0.39, 0.29) is 26.5 Å². The molecule has 0 atom stereocenters. The molecule has 78 heavy (non-hydrogen) atoms. The summed E-state index contributed by atoms with van der Waals surface area (Å²) in [5, 5.41) is 2.20. The van der Waals surface area contributed by atoms with E-state index in [0.29, 0.717) is 11.5 Å². The van der Waals surface area contributed by atoms with Gasteiger partial charge < -0.3 is 23.7 Å². The van der Waals surface area contributed by atoms with E-state index < -0.39 is 0 Å². The second-order valence-electron chi connectivity index (χ2n) is 21.5. The molecule has 3 aromatic heterocycles. The maximum absolute atomic E-state index is 7.02. The molecule has 12 aromatic rings. The first-order valence-electron chi connectivity index (χ1n) is 26.7. The van der Waals surface area contributed by atoms with Gasteiger partial charge in [0.15, 0.2) is 0 Å². The Labute approximate surface area is 470 Å². The van der Waals surface area contributed by atoms with Gasteiger partial charge in [0.2, 0.25) is 0 Å². The zero-order valence-electron chi connectivity index (χ0n) is 43.9. The quantitative estimate of drug-likeness (QED) is 0.135. The summed E-state index contributed by atoms with van der Waals surface area (Å²) in [5.74, 6) is 3.16. The molecule has 2 aliphatic heterocycles. The minimum atomic E-state index is -0.225. The second kappa shape index (κ2) is 19.8. The van der Waals surface area contributed by atoms with Gasteiger partial charge in [-0.05, 0) is 88.2 Å². The maximum Gasteiger partial charge on any atom is 0.135 e. The van der Waals surface area contributed by atoms with E-state index in [4.69, 9.17) is 14.7 Å². The molecule has 0 amide bonds. The molecule has 0 radical (unpaired) electrons. The van der Waals surface area contributed by atoms with Crippen molar-refractivity contribution < 1.29 is 25.8 Å². The number of imidazole rings is 1. The Bertz CT molecular complexity index is 4160. The monoisotopic (exact) mass is 1190 g/mol. The standard InChI is InChI=1S/C70H55N6O.Pt/c1-46-37-68(71-44-60(46)51-32-30-48(31-33-51)47-19-8-5-9-20-47)76-62-28-15-14-25-58(62)59-35-34-54(41-63(59)76)77-55-39-52(70(2,3)4)38-53(40-55)74-45-75(66-43-64-61(42-65(66)74)72-67-29-16-17-36-73(64)67)69-56(49-21-10-6-11-22-49)26-18-27-57(69)50-23-12-7-13-24-50;/h5-15,18-28,30-35,37-39,42-45H,16-17,29,36H2,1-4H3;/q-3;. The molecule has 0 N–H and O–H groups in total. The van der Waals surface area contributed by atoms with Gasteiger partial charge in [0.25, 0.3) is 0 Å². The Balaban J connectivity index is 0.00000579. The predicted molar refractivity (Wildman–Crippen MR) is 316 cm³/mol. The molecule has 0 fully saturated rings. The normalized spacial score (nSPS) is 13.2. The van der Waals surface area contributed by atoms with Crippen LogP contribution >= 0.6 is 0 Å². The van der Waals surface area contributed by atoms with E-state index in [2.05, 4.69) is 260 Å². The van der Waals surface area contributed by atoms with E-state index in [1.165, 1.54) is 11.1 Å². The van der Waals surface area contributed by atoms with Gasteiger partial charge in [-0.1, -0.05) is 178 Å². The van der Waals surface area contributed by atoms with Crippen molar-refractivity contribution in [1.82, 2.24) is 19.1 Å². The summed E-state index contributed by atoms with van der Waals surface area (Å²) in [5.41, 5.74) is 19.4. The number of anilines is 4. The van der Waals surface area contributed by atoms with Gasteiger partial charge in [-0.25, -0.2) is 9.97 Å². The maximum atomic E-state index is 7.02. The molecule has 0 unspecified atom stereocenters. The van der Waals surface area contributed by atoms with E-state index in [9.17, 15) is 0 Å². The van der Waals surface area contributed by atoms with Crippen molar-refractivity contribution in [2.24, 2.45) is 0 Å². The largest absolute Gasteiger partial charge is 0.509 e. The van der Waals surface area contributed by atoms with Crippen LogP contribution in [0.2, 0.25) is 0 Å². The summed E-state index contributed by atoms with van der Waals surface area (Å²) in [6.07, 6.45) is 5.28. The summed E-state index contributed by atoms with van der Waals surface area (Å²) in [4.78, 5) is 15.1. The van der Waals surface area contributed by atoms with Gasteiger partial charge in [-0.2, -0.15) is 6.07 Å². The Morgan fingerprint density at radius 2 is 1.19 bits per heavy atom. The molecular weight excluding hydrogens is 1140 g/mol. The minimum Gasteiger partial charge on any atom is -0.509 e. The topological polar surface area (TPSA) is 51.4 Å². The molecule has 14 rings (SSSR count). The van der Waals surface area contributed by atoms with Crippen LogP contribution < -0.4 is 14.5 Å². The molecule has 2 aliphatic rings. The van der Waals surface area contributed by atoms with Gasteiger partial charge in [0.1, 0.15) is 11.6 Å². The summed E-state index contributed by atoms with van der Waals surface area (Å²) < 4.78 is 11.7. The number of nitrogens with zero attached hydrogens (tertiary/aromatic N) is 6. The number of rotatable bonds is 9. The third-order valence-corrected chi connectivity index (χ3v) is 15.5. The van der Waals surface area contributed by atoms with Crippen LogP contribution in [0.15, 0.2) is 206 Å². The van der Waals surface area contributed by atoms with Crippen molar-refractivity contribution in [3.63, 3.8) is 0 Å². The fourth-order valence-electron chi connectivity index (χ4n) is 11.6. The van der Waals surface area contributed by atoms with E-state index in [0.717, 1.165) is 138 Å². The van der Waals surface area contributed by atoms with Crippen LogP contribution in [0.5, 0.6) is 11.5 Å². The first kappa shape index (κ1) is 49.1. The van der Waals surface area contributed by atoms with Gasteiger partial charge in [0.05, 0.1) is 11.0 Å². The molecule has 384 valence electrons. The number of fused-ring (bicyclic) bond motifs is 7. The predicted octanol–water partition coefficient (Wildman–Crippen LogP) is 17.9. The van der Waals surface area contributed by atoms with Crippen molar-refractivity contribution in [3.8, 4) is 61.8 Å². The first-order chi connectivity index (χ1) is 37.7. The third kappa shape index (κ3) is 8.67. The van der Waals surface area contributed by atoms with Crippen LogP contribution in [0.25, 0.3) is 83.2 Å². The SMILES string of the molecule is Cc1cc(-n2c3[c-]c(Oc4[c-]c(N5[CH-]N(c6c(-c7ccccc7)cccc6-c6ccccc6)c6cc7c(cc65)nc5n7CCCC5)cc(C(C)(C)C)c4)ccc3c3ccccc32)ncc1-c1ccc(-c2ccccc2)cc1.[Pt]. The zero-order valence-corrected chi connectivity index (χ0v) is 46.2. The van der Waals surface area contributed by atoms with Crippen LogP contribution in [0, 0.1) is 25.7 Å². The van der Waals surface area contributed by atoms with Gasteiger partial charge in [-0.15, -0.1) is 53.6 Å². The molecule has 0 saturated heterocycles. The molecule has 5 heterocycles. The molecule has 0 bridgehead atoms. The van der Waals surface area contributed by atoms with Crippen LogP contribution in [0.4, 0.5) is 22.7 Å². The molecule has 0 saturated carbocycles. The molecule has 0 spiro atoms. The number of para-hydroxylation sites is 2. The Kier molecular flexibility index (Phi) is 12.5. The van der Waals surface area contributed by atoms with Crippen molar-refractivity contribution in [2.45, 2.75) is 58.9 Å². The number of benzene rings is 9. The Hall–Kier alpha value is -8.51. The Morgan fingerprint density at radius 1 is 0.551 bits per heavy atom. The second-order valence-corrected chi connectivity index (χ2v) is 21.5. The smallest absolute Gasteiger partial charge is 0.135 e. The molecule has 9 aromatic carbocycles. The summed E-state index contributed by atoms with van der Waals surface area (Å²) in [6.45, 7) is 12.1. The fourth-order valence-corrected chi connectivity index (χ4v) is 11.6. The number of aryl methyl sites for hydroxylation is 3. The first-order valence-corrected chi connectivity index (χ1v) is 26.7. The molecule has 8 heteroatoms.